The van der Waals surface area contributed by atoms with Crippen molar-refractivity contribution in [3.63, 3.8) is 0 Å². The summed E-state index contributed by atoms with van der Waals surface area (Å²) in [6, 6.07) is 8.25. The van der Waals surface area contributed by atoms with Crippen LogP contribution in [0.2, 0.25) is 0 Å². The molecule has 0 fully saturated rings. The van der Waals surface area contributed by atoms with Gasteiger partial charge in [-0.15, -0.1) is 0 Å². The van der Waals surface area contributed by atoms with E-state index in [-0.39, 0.29) is 0 Å². The lowest BCUT2D eigenvalue weighted by Gasteiger charge is -2.05. The van der Waals surface area contributed by atoms with Crippen molar-refractivity contribution >= 4 is 17.6 Å². The fraction of sp³-hybridized carbons (Fsp3) is 0.250. The van der Waals surface area contributed by atoms with Crippen LogP contribution >= 0.6 is 11.8 Å². The van der Waals surface area contributed by atoms with E-state index < -0.39 is 0 Å². The molecule has 0 unspecified atom stereocenters. The third-order valence-electron chi connectivity index (χ3n) is 2.84. The van der Waals surface area contributed by atoms with Gasteiger partial charge in [0.2, 0.25) is 0 Å². The van der Waals surface area contributed by atoms with E-state index >= 15 is 0 Å². The van der Waals surface area contributed by atoms with Crippen molar-refractivity contribution in [3.8, 4) is 5.69 Å². The number of nitrogen functional groups attached to an aromatic ring is 1. The maximum Gasteiger partial charge on any atom is 0.131 e. The summed E-state index contributed by atoms with van der Waals surface area (Å²) >= 11 is 1.87. The molecule has 3 rings (SSSR count). The summed E-state index contributed by atoms with van der Waals surface area (Å²) in [5, 5.41) is 4.57. The largest absolute Gasteiger partial charge is 0.383 e. The zero-order chi connectivity index (χ0) is 11.1. The lowest BCUT2D eigenvalue weighted by Crippen LogP contribution is -2.03. The molecule has 2 heterocycles. The fourth-order valence-electron chi connectivity index (χ4n) is 1.99. The second-order valence-electron chi connectivity index (χ2n) is 4.05. The van der Waals surface area contributed by atoms with Crippen LogP contribution in [0.5, 0.6) is 0 Å². The van der Waals surface area contributed by atoms with E-state index in [9.17, 15) is 0 Å². The molecule has 0 radical (unpaired) electrons. The van der Waals surface area contributed by atoms with Crippen LogP contribution in [0.15, 0.2) is 24.3 Å². The Labute approximate surface area is 98.6 Å². The van der Waals surface area contributed by atoms with E-state index in [1.165, 1.54) is 11.1 Å². The molecule has 0 bridgehead atoms. The van der Waals surface area contributed by atoms with E-state index in [0.29, 0.717) is 0 Å². The summed E-state index contributed by atoms with van der Waals surface area (Å²) in [5.74, 6) is 2.77. The highest BCUT2D eigenvalue weighted by Crippen LogP contribution is 2.34. The minimum absolute atomic E-state index is 0.797. The SMILES string of the molecule is Cc1cccc(-n2nc3c(c2N)CSC3)c1. The predicted octanol–water partition coefficient (Wildman–Crippen LogP) is 2.51. The first-order valence-electron chi connectivity index (χ1n) is 5.27. The molecule has 2 N–H and O–H groups in total. The Morgan fingerprint density at radius 1 is 1.38 bits per heavy atom. The highest BCUT2D eigenvalue weighted by atomic mass is 32.2. The van der Waals surface area contributed by atoms with Crippen molar-refractivity contribution in [1.29, 1.82) is 0 Å². The topological polar surface area (TPSA) is 43.8 Å². The third-order valence-corrected chi connectivity index (χ3v) is 3.81. The van der Waals surface area contributed by atoms with Gasteiger partial charge in [-0.3, -0.25) is 0 Å². The maximum atomic E-state index is 6.12. The summed E-state index contributed by atoms with van der Waals surface area (Å²) < 4.78 is 1.86. The fourth-order valence-corrected chi connectivity index (χ4v) is 3.04. The Morgan fingerprint density at radius 3 is 3.00 bits per heavy atom. The number of nitrogens with zero attached hydrogens (tertiary/aromatic N) is 2. The Hall–Kier alpha value is -1.42. The lowest BCUT2D eigenvalue weighted by molar-refractivity contribution is 0.868. The molecule has 0 spiro atoms. The standard InChI is InChI=1S/C12H13N3S/c1-8-3-2-4-9(5-8)15-12(13)10-6-16-7-11(10)14-15/h2-5H,6-7,13H2,1H3. The van der Waals surface area contributed by atoms with E-state index in [2.05, 4.69) is 24.2 Å². The van der Waals surface area contributed by atoms with Crippen molar-refractivity contribution in [1.82, 2.24) is 9.78 Å². The number of hydrogen-bond donors (Lipinski definition) is 1. The molecule has 4 heteroatoms. The molecule has 82 valence electrons. The summed E-state index contributed by atoms with van der Waals surface area (Å²) in [6.07, 6.45) is 0. The summed E-state index contributed by atoms with van der Waals surface area (Å²) in [6.45, 7) is 2.08. The normalized spacial score (nSPS) is 14.1. The van der Waals surface area contributed by atoms with Gasteiger partial charge in [-0.1, -0.05) is 12.1 Å². The van der Waals surface area contributed by atoms with Crippen LogP contribution in [0.25, 0.3) is 5.69 Å². The second kappa shape index (κ2) is 3.56. The van der Waals surface area contributed by atoms with Crippen LogP contribution in [0.4, 0.5) is 5.82 Å². The van der Waals surface area contributed by atoms with Gasteiger partial charge < -0.3 is 5.73 Å². The monoisotopic (exact) mass is 231 g/mol. The molecular weight excluding hydrogens is 218 g/mol. The van der Waals surface area contributed by atoms with Gasteiger partial charge in [0.1, 0.15) is 5.82 Å². The number of rotatable bonds is 1. The number of hydrogen-bond acceptors (Lipinski definition) is 3. The van der Waals surface area contributed by atoms with Gasteiger partial charge in [0.15, 0.2) is 0 Å². The van der Waals surface area contributed by atoms with E-state index in [4.69, 9.17) is 5.73 Å². The Morgan fingerprint density at radius 2 is 2.25 bits per heavy atom. The summed E-state index contributed by atoms with van der Waals surface area (Å²) in [7, 11) is 0. The number of nitrogens with two attached hydrogens (primary N) is 1. The Bertz CT molecular complexity index is 545. The minimum atomic E-state index is 0.797. The molecule has 1 aromatic carbocycles. The van der Waals surface area contributed by atoms with Crippen molar-refractivity contribution in [2.45, 2.75) is 18.4 Å². The van der Waals surface area contributed by atoms with E-state index in [1.54, 1.807) is 0 Å². The number of thioether (sulfide) groups is 1. The van der Waals surface area contributed by atoms with Gasteiger partial charge >= 0.3 is 0 Å². The average Bonchev–Trinajstić information content (AvgIpc) is 2.82. The molecule has 1 aromatic heterocycles. The molecule has 1 aliphatic rings. The second-order valence-corrected chi connectivity index (χ2v) is 5.04. The third kappa shape index (κ3) is 1.41. The first kappa shape index (κ1) is 9.78. The van der Waals surface area contributed by atoms with Gasteiger partial charge in [-0.25, -0.2) is 4.68 Å². The number of anilines is 1. The highest BCUT2D eigenvalue weighted by Gasteiger charge is 2.21. The van der Waals surface area contributed by atoms with Crippen LogP contribution < -0.4 is 5.73 Å². The zero-order valence-corrected chi connectivity index (χ0v) is 9.92. The van der Waals surface area contributed by atoms with Gasteiger partial charge in [0, 0.05) is 17.1 Å². The predicted molar refractivity (Wildman–Crippen MR) is 67.7 cm³/mol. The number of benzene rings is 1. The molecule has 0 saturated heterocycles. The average molecular weight is 231 g/mol. The molecule has 3 nitrogen and oxygen atoms in total. The smallest absolute Gasteiger partial charge is 0.131 e. The zero-order valence-electron chi connectivity index (χ0n) is 9.10. The van der Waals surface area contributed by atoms with Crippen LogP contribution in [-0.4, -0.2) is 9.78 Å². The van der Waals surface area contributed by atoms with Crippen LogP contribution in [0, 0.1) is 6.92 Å². The summed E-state index contributed by atoms with van der Waals surface area (Å²) in [4.78, 5) is 0. The quantitative estimate of drug-likeness (QED) is 0.820. The molecule has 0 atom stereocenters. The van der Waals surface area contributed by atoms with Crippen molar-refractivity contribution in [2.24, 2.45) is 0 Å². The first-order chi connectivity index (χ1) is 7.75. The Kier molecular flexibility index (Phi) is 2.17. The van der Waals surface area contributed by atoms with Crippen LogP contribution in [0.1, 0.15) is 16.8 Å². The molecule has 0 saturated carbocycles. The first-order valence-corrected chi connectivity index (χ1v) is 6.42. The van der Waals surface area contributed by atoms with Crippen molar-refractivity contribution in [3.05, 3.63) is 41.1 Å². The highest BCUT2D eigenvalue weighted by molar-refractivity contribution is 7.98. The molecule has 0 aliphatic carbocycles. The van der Waals surface area contributed by atoms with Gasteiger partial charge in [0.05, 0.1) is 11.4 Å². The molecule has 16 heavy (non-hydrogen) atoms. The Balaban J connectivity index is 2.14. The lowest BCUT2D eigenvalue weighted by atomic mass is 10.2. The van der Waals surface area contributed by atoms with E-state index in [0.717, 1.165) is 28.7 Å². The number of fused-ring (bicyclic) bond motifs is 1. The molecular formula is C12H13N3S. The minimum Gasteiger partial charge on any atom is -0.383 e. The van der Waals surface area contributed by atoms with E-state index in [1.807, 2.05) is 28.6 Å². The molecule has 0 amide bonds. The van der Waals surface area contributed by atoms with Crippen molar-refractivity contribution in [2.75, 3.05) is 5.73 Å². The summed E-state index contributed by atoms with van der Waals surface area (Å²) in [5.41, 5.74) is 10.8. The number of aryl methyl sites for hydroxylation is 1. The molecule has 1 aliphatic heterocycles. The van der Waals surface area contributed by atoms with Crippen molar-refractivity contribution < 1.29 is 0 Å². The van der Waals surface area contributed by atoms with Crippen LogP contribution in [0.3, 0.4) is 0 Å². The maximum absolute atomic E-state index is 6.12. The van der Waals surface area contributed by atoms with Crippen LogP contribution in [-0.2, 0) is 11.5 Å². The number of aromatic nitrogens is 2. The van der Waals surface area contributed by atoms with Gasteiger partial charge in [-0.05, 0) is 24.6 Å². The molecule has 2 aromatic rings. The van der Waals surface area contributed by atoms with Gasteiger partial charge in [0.25, 0.3) is 0 Å². The van der Waals surface area contributed by atoms with Gasteiger partial charge in [-0.2, -0.15) is 16.9 Å².